The average Bonchev–Trinajstić information content (AvgIpc) is 2.50. The third-order valence-electron chi connectivity index (χ3n) is 4.93. The van der Waals surface area contributed by atoms with Crippen molar-refractivity contribution in [1.82, 2.24) is 4.98 Å². The lowest BCUT2D eigenvalue weighted by Crippen LogP contribution is -2.02. The number of nitrogens with zero attached hydrogens (tertiary/aromatic N) is 2. The van der Waals surface area contributed by atoms with Crippen molar-refractivity contribution in [1.29, 1.82) is 5.26 Å². The fourth-order valence-corrected chi connectivity index (χ4v) is 4.25. The number of hydrogen-bond donors (Lipinski definition) is 0. The van der Waals surface area contributed by atoms with Gasteiger partial charge in [0.2, 0.25) is 0 Å². The minimum absolute atomic E-state index is 0.705. The van der Waals surface area contributed by atoms with Crippen LogP contribution in [0.1, 0.15) is 50.2 Å². The molecule has 0 aliphatic rings. The average molecular weight is 324 g/mol. The van der Waals surface area contributed by atoms with Crippen LogP contribution in [0.5, 0.6) is 0 Å². The molecule has 0 unspecified atom stereocenters. The third-order valence-corrected chi connectivity index (χ3v) is 5.93. The second kappa shape index (κ2) is 6.76. The van der Waals surface area contributed by atoms with Crippen molar-refractivity contribution in [2.24, 2.45) is 0 Å². The van der Waals surface area contributed by atoms with E-state index in [-0.39, 0.29) is 0 Å². The zero-order valence-corrected chi connectivity index (χ0v) is 15.9. The van der Waals surface area contributed by atoms with Gasteiger partial charge in [-0.1, -0.05) is 0 Å². The molecule has 120 valence electrons. The van der Waals surface area contributed by atoms with Gasteiger partial charge in [0.15, 0.2) is 0 Å². The van der Waals surface area contributed by atoms with Crippen LogP contribution in [0, 0.1) is 59.8 Å². The molecule has 1 aromatic heterocycles. The number of thioether (sulfide) groups is 1. The molecule has 0 aliphatic carbocycles. The van der Waals surface area contributed by atoms with Crippen molar-refractivity contribution in [3.8, 4) is 6.07 Å². The first-order valence-electron chi connectivity index (χ1n) is 7.84. The number of rotatable bonds is 3. The van der Waals surface area contributed by atoms with Crippen molar-refractivity contribution in [2.45, 2.75) is 59.2 Å². The van der Waals surface area contributed by atoms with Crippen LogP contribution >= 0.6 is 11.8 Å². The number of benzene rings is 1. The lowest BCUT2D eigenvalue weighted by molar-refractivity contribution is 1.03. The van der Waals surface area contributed by atoms with E-state index in [4.69, 9.17) is 0 Å². The highest BCUT2D eigenvalue weighted by molar-refractivity contribution is 7.98. The maximum Gasteiger partial charge on any atom is 0.115 e. The first kappa shape index (κ1) is 17.6. The largest absolute Gasteiger partial charge is 0.245 e. The lowest BCUT2D eigenvalue weighted by Gasteiger charge is -2.18. The van der Waals surface area contributed by atoms with Gasteiger partial charge in [0.1, 0.15) is 11.1 Å². The Balaban J connectivity index is 2.42. The minimum atomic E-state index is 0.705. The number of nitriles is 1. The van der Waals surface area contributed by atoms with Crippen LogP contribution in [0.15, 0.2) is 11.1 Å². The molecule has 0 amide bonds. The normalized spacial score (nSPS) is 10.7. The SMILES string of the molecule is Cc1cc(C)c(C#N)c(SCc2c(C)c(C)c(C)c(C)c2C)n1. The van der Waals surface area contributed by atoms with E-state index in [1.54, 1.807) is 11.8 Å². The van der Waals surface area contributed by atoms with Crippen LogP contribution in [0.25, 0.3) is 0 Å². The topological polar surface area (TPSA) is 36.7 Å². The first-order chi connectivity index (χ1) is 10.8. The highest BCUT2D eigenvalue weighted by Crippen LogP contribution is 2.32. The predicted molar refractivity (Wildman–Crippen MR) is 98.1 cm³/mol. The molecular formula is C20H24N2S. The quantitative estimate of drug-likeness (QED) is 0.709. The van der Waals surface area contributed by atoms with Gasteiger partial charge in [-0.25, -0.2) is 4.98 Å². The van der Waals surface area contributed by atoms with Crippen molar-refractivity contribution in [3.63, 3.8) is 0 Å². The zero-order valence-electron chi connectivity index (χ0n) is 15.1. The molecule has 2 nitrogen and oxygen atoms in total. The maximum absolute atomic E-state index is 9.42. The smallest absolute Gasteiger partial charge is 0.115 e. The summed E-state index contributed by atoms with van der Waals surface area (Å²) >= 11 is 1.67. The molecular weight excluding hydrogens is 300 g/mol. The Morgan fingerprint density at radius 2 is 1.43 bits per heavy atom. The molecule has 0 bridgehead atoms. The number of aryl methyl sites for hydroxylation is 2. The first-order valence-corrected chi connectivity index (χ1v) is 8.83. The van der Waals surface area contributed by atoms with E-state index in [0.29, 0.717) is 5.56 Å². The summed E-state index contributed by atoms with van der Waals surface area (Å²) in [6.45, 7) is 14.9. The third kappa shape index (κ3) is 3.28. The predicted octanol–water partition coefficient (Wildman–Crippen LogP) is 5.40. The Morgan fingerprint density at radius 3 is 1.96 bits per heavy atom. The molecule has 0 spiro atoms. The Morgan fingerprint density at radius 1 is 0.913 bits per heavy atom. The highest BCUT2D eigenvalue weighted by atomic mass is 32.2. The molecule has 0 saturated heterocycles. The van der Waals surface area contributed by atoms with Crippen molar-refractivity contribution in [2.75, 3.05) is 0 Å². The van der Waals surface area contributed by atoms with Crippen LogP contribution in [-0.4, -0.2) is 4.98 Å². The summed E-state index contributed by atoms with van der Waals surface area (Å²) in [6, 6.07) is 4.28. The second-order valence-corrected chi connectivity index (χ2v) is 7.23. The fraction of sp³-hybridized carbons (Fsp3) is 0.400. The molecule has 0 N–H and O–H groups in total. The highest BCUT2D eigenvalue weighted by Gasteiger charge is 2.15. The summed E-state index contributed by atoms with van der Waals surface area (Å²) in [5.41, 5.74) is 10.9. The lowest BCUT2D eigenvalue weighted by atomic mass is 9.90. The zero-order chi connectivity index (χ0) is 17.3. The standard InChI is InChI=1S/C20H24N2S/c1-11-8-12(2)22-20(18(11)9-21)23-10-19-16(6)14(4)13(3)15(5)17(19)7/h8H,10H2,1-7H3. The van der Waals surface area contributed by atoms with Crippen molar-refractivity contribution >= 4 is 11.8 Å². The van der Waals surface area contributed by atoms with Gasteiger partial charge in [-0.3, -0.25) is 0 Å². The van der Waals surface area contributed by atoms with Gasteiger partial charge in [0.25, 0.3) is 0 Å². The Bertz CT molecular complexity index is 785. The summed E-state index contributed by atoms with van der Waals surface area (Å²) in [5.74, 6) is 0.851. The molecule has 0 radical (unpaired) electrons. The molecule has 0 saturated carbocycles. The molecule has 0 fully saturated rings. The summed E-state index contributed by atoms with van der Waals surface area (Å²) in [6.07, 6.45) is 0. The molecule has 1 aromatic carbocycles. The minimum Gasteiger partial charge on any atom is -0.245 e. The molecule has 2 rings (SSSR count). The summed E-state index contributed by atoms with van der Waals surface area (Å²) in [5, 5.41) is 10.3. The van der Waals surface area contributed by atoms with Gasteiger partial charge in [0, 0.05) is 11.4 Å². The van der Waals surface area contributed by atoms with Crippen LogP contribution in [0.4, 0.5) is 0 Å². The van der Waals surface area contributed by atoms with Gasteiger partial charge in [-0.2, -0.15) is 5.26 Å². The second-order valence-electron chi connectivity index (χ2n) is 6.26. The van der Waals surface area contributed by atoms with E-state index in [0.717, 1.165) is 22.0 Å². The summed E-state index contributed by atoms with van der Waals surface area (Å²) in [4.78, 5) is 4.58. The number of hydrogen-bond acceptors (Lipinski definition) is 3. The Labute approximate surface area is 144 Å². The fourth-order valence-electron chi connectivity index (χ4n) is 2.98. The summed E-state index contributed by atoms with van der Waals surface area (Å²) in [7, 11) is 0. The van der Waals surface area contributed by atoms with Gasteiger partial charge in [-0.15, -0.1) is 11.8 Å². The van der Waals surface area contributed by atoms with E-state index < -0.39 is 0 Å². The van der Waals surface area contributed by atoms with Gasteiger partial charge in [-0.05, 0) is 93.5 Å². The van der Waals surface area contributed by atoms with Crippen LogP contribution in [0.2, 0.25) is 0 Å². The monoisotopic (exact) mass is 324 g/mol. The molecule has 23 heavy (non-hydrogen) atoms. The molecule has 0 atom stereocenters. The van der Waals surface area contributed by atoms with Crippen LogP contribution < -0.4 is 0 Å². The van der Waals surface area contributed by atoms with E-state index in [9.17, 15) is 5.26 Å². The van der Waals surface area contributed by atoms with E-state index in [2.05, 4.69) is 45.7 Å². The maximum atomic E-state index is 9.42. The molecule has 2 aromatic rings. The number of pyridine rings is 1. The van der Waals surface area contributed by atoms with Gasteiger partial charge in [0.05, 0.1) is 5.56 Å². The van der Waals surface area contributed by atoms with Crippen LogP contribution in [0.3, 0.4) is 0 Å². The van der Waals surface area contributed by atoms with E-state index in [1.165, 1.54) is 33.4 Å². The Kier molecular flexibility index (Phi) is 5.16. The molecule has 3 heteroatoms. The molecule has 0 aliphatic heterocycles. The Hall–Kier alpha value is -1.79. The van der Waals surface area contributed by atoms with E-state index >= 15 is 0 Å². The van der Waals surface area contributed by atoms with E-state index in [1.807, 2.05) is 19.9 Å². The van der Waals surface area contributed by atoms with Crippen molar-refractivity contribution < 1.29 is 0 Å². The number of aromatic nitrogens is 1. The van der Waals surface area contributed by atoms with Gasteiger partial charge >= 0.3 is 0 Å². The van der Waals surface area contributed by atoms with Gasteiger partial charge < -0.3 is 0 Å². The van der Waals surface area contributed by atoms with Crippen LogP contribution in [-0.2, 0) is 5.75 Å². The summed E-state index contributed by atoms with van der Waals surface area (Å²) < 4.78 is 0. The molecule has 1 heterocycles. The van der Waals surface area contributed by atoms with Crippen molar-refractivity contribution in [3.05, 3.63) is 56.3 Å².